The van der Waals surface area contributed by atoms with Gasteiger partial charge in [-0.3, -0.25) is 9.67 Å². The largest absolute Gasteiger partial charge is 0.297 e. The van der Waals surface area contributed by atoms with Crippen molar-refractivity contribution in [1.29, 1.82) is 0 Å². The van der Waals surface area contributed by atoms with Crippen molar-refractivity contribution in [2.24, 2.45) is 0 Å². The Morgan fingerprint density at radius 3 is 2.69 bits per heavy atom. The second kappa shape index (κ2) is 4.61. The summed E-state index contributed by atoms with van der Waals surface area (Å²) in [5, 5.41) is 7.17. The van der Waals surface area contributed by atoms with E-state index in [2.05, 4.69) is 28.6 Å². The number of aromatic amines is 1. The summed E-state index contributed by atoms with van der Waals surface area (Å²) in [6.45, 7) is 4.30. The smallest absolute Gasteiger partial charge is 0.195 e. The number of aromatic nitrogens is 3. The van der Waals surface area contributed by atoms with E-state index in [0.29, 0.717) is 10.8 Å². The molecule has 1 aromatic heterocycles. The quantitative estimate of drug-likeness (QED) is 0.822. The van der Waals surface area contributed by atoms with Crippen molar-refractivity contribution in [2.45, 2.75) is 26.3 Å². The second-order valence-corrected chi connectivity index (χ2v) is 4.23. The van der Waals surface area contributed by atoms with E-state index in [9.17, 15) is 0 Å². The Morgan fingerprint density at radius 1 is 1.38 bits per heavy atom. The number of nitrogens with one attached hydrogen (secondary N) is 1. The van der Waals surface area contributed by atoms with Gasteiger partial charge >= 0.3 is 0 Å². The number of H-pyrrole nitrogens is 1. The zero-order valence-corrected chi connectivity index (χ0v) is 10.3. The molecule has 0 unspecified atom stereocenters. The van der Waals surface area contributed by atoms with Gasteiger partial charge in [0.1, 0.15) is 0 Å². The molecule has 0 saturated heterocycles. The molecule has 1 atom stereocenters. The molecule has 0 fully saturated rings. The highest BCUT2D eigenvalue weighted by Crippen LogP contribution is 2.22. The lowest BCUT2D eigenvalue weighted by Crippen LogP contribution is -2.05. The van der Waals surface area contributed by atoms with Crippen molar-refractivity contribution in [3.05, 3.63) is 35.1 Å². The third-order valence-electron chi connectivity index (χ3n) is 2.77. The topological polar surface area (TPSA) is 33.6 Å². The Bertz CT molecular complexity index is 513. The van der Waals surface area contributed by atoms with Gasteiger partial charge in [0.15, 0.2) is 10.6 Å². The fourth-order valence-electron chi connectivity index (χ4n) is 1.69. The van der Waals surface area contributed by atoms with Crippen molar-refractivity contribution < 1.29 is 0 Å². The summed E-state index contributed by atoms with van der Waals surface area (Å²) in [6.07, 6.45) is 1.04. The number of rotatable bonds is 3. The predicted molar refractivity (Wildman–Crippen MR) is 67.8 cm³/mol. The van der Waals surface area contributed by atoms with Crippen LogP contribution >= 0.6 is 12.2 Å². The number of benzene rings is 1. The first kappa shape index (κ1) is 11.1. The Hall–Kier alpha value is -1.42. The minimum atomic E-state index is 0.362. The van der Waals surface area contributed by atoms with Gasteiger partial charge < -0.3 is 0 Å². The molecule has 0 bridgehead atoms. The van der Waals surface area contributed by atoms with Gasteiger partial charge in [-0.15, -0.1) is 0 Å². The molecule has 4 heteroatoms. The first-order valence-corrected chi connectivity index (χ1v) is 5.87. The maximum atomic E-state index is 5.26. The molecule has 0 aliphatic rings. The molecule has 0 amide bonds. The summed E-state index contributed by atoms with van der Waals surface area (Å²) >= 11 is 5.26. The molecule has 1 N–H and O–H groups in total. The lowest BCUT2D eigenvalue weighted by molar-refractivity contribution is 0.528. The van der Waals surface area contributed by atoms with Gasteiger partial charge in [0.25, 0.3) is 0 Å². The maximum Gasteiger partial charge on any atom is 0.195 e. The molecule has 0 saturated carbocycles. The van der Waals surface area contributed by atoms with E-state index in [4.69, 9.17) is 12.2 Å². The van der Waals surface area contributed by atoms with Crippen molar-refractivity contribution in [3.8, 4) is 11.4 Å². The molecule has 2 aromatic rings. The van der Waals surface area contributed by atoms with E-state index in [1.807, 2.05) is 30.3 Å². The molecule has 0 radical (unpaired) electrons. The van der Waals surface area contributed by atoms with Gasteiger partial charge in [0.2, 0.25) is 0 Å². The van der Waals surface area contributed by atoms with Crippen molar-refractivity contribution in [1.82, 2.24) is 14.8 Å². The fraction of sp³-hybridized carbons (Fsp3) is 0.333. The molecule has 0 aliphatic heterocycles. The average Bonchev–Trinajstić information content (AvgIpc) is 2.71. The van der Waals surface area contributed by atoms with Crippen molar-refractivity contribution in [3.63, 3.8) is 0 Å². The van der Waals surface area contributed by atoms with Crippen LogP contribution in [0, 0.1) is 4.77 Å². The summed E-state index contributed by atoms with van der Waals surface area (Å²) in [5.74, 6) is 0.917. The van der Waals surface area contributed by atoms with Crippen LogP contribution in [-0.4, -0.2) is 14.8 Å². The molecular weight excluding hydrogens is 218 g/mol. The highest BCUT2D eigenvalue weighted by molar-refractivity contribution is 7.71. The van der Waals surface area contributed by atoms with Crippen LogP contribution in [-0.2, 0) is 0 Å². The first-order chi connectivity index (χ1) is 7.74. The van der Waals surface area contributed by atoms with E-state index in [-0.39, 0.29) is 0 Å². The molecule has 1 heterocycles. The van der Waals surface area contributed by atoms with E-state index in [1.165, 1.54) is 0 Å². The molecule has 3 nitrogen and oxygen atoms in total. The third kappa shape index (κ3) is 1.93. The number of hydrogen-bond donors (Lipinski definition) is 1. The van der Waals surface area contributed by atoms with Gasteiger partial charge in [0, 0.05) is 11.6 Å². The summed E-state index contributed by atoms with van der Waals surface area (Å²) in [7, 11) is 0. The van der Waals surface area contributed by atoms with Crippen LogP contribution in [0.2, 0.25) is 0 Å². The Morgan fingerprint density at radius 2 is 2.06 bits per heavy atom. The average molecular weight is 233 g/mol. The van der Waals surface area contributed by atoms with E-state index in [0.717, 1.165) is 17.8 Å². The minimum absolute atomic E-state index is 0.362. The maximum absolute atomic E-state index is 5.26. The van der Waals surface area contributed by atoms with Gasteiger partial charge in [0.05, 0.1) is 0 Å². The van der Waals surface area contributed by atoms with E-state index >= 15 is 0 Å². The minimum Gasteiger partial charge on any atom is -0.297 e. The molecule has 84 valence electrons. The molecule has 0 spiro atoms. The lowest BCUT2D eigenvalue weighted by atomic mass is 10.2. The van der Waals surface area contributed by atoms with Crippen molar-refractivity contribution >= 4 is 12.2 Å². The van der Waals surface area contributed by atoms with Crippen LogP contribution in [0.4, 0.5) is 0 Å². The first-order valence-electron chi connectivity index (χ1n) is 5.46. The highest BCUT2D eigenvalue weighted by Gasteiger charge is 2.12. The summed E-state index contributed by atoms with van der Waals surface area (Å²) in [4.78, 5) is 0. The van der Waals surface area contributed by atoms with Crippen LogP contribution < -0.4 is 0 Å². The Labute approximate surface area is 100 Å². The standard InChI is InChI=1S/C12H15N3S/c1-3-9(2)15-11(13-14-12(15)16)10-7-5-4-6-8-10/h4-9H,3H2,1-2H3,(H,14,16)/t9-/m0/s1. The zero-order chi connectivity index (χ0) is 11.5. The molecular formula is C12H15N3S. The predicted octanol–water partition coefficient (Wildman–Crippen LogP) is 3.58. The van der Waals surface area contributed by atoms with Crippen LogP contribution in [0.1, 0.15) is 26.3 Å². The summed E-state index contributed by atoms with van der Waals surface area (Å²) in [6, 6.07) is 10.5. The summed E-state index contributed by atoms with van der Waals surface area (Å²) < 4.78 is 2.76. The number of nitrogens with zero attached hydrogens (tertiary/aromatic N) is 2. The normalized spacial score (nSPS) is 12.6. The number of hydrogen-bond acceptors (Lipinski definition) is 2. The molecule has 1 aromatic carbocycles. The van der Waals surface area contributed by atoms with Crippen LogP contribution in [0.3, 0.4) is 0 Å². The van der Waals surface area contributed by atoms with E-state index < -0.39 is 0 Å². The van der Waals surface area contributed by atoms with Gasteiger partial charge in [-0.05, 0) is 25.6 Å². The summed E-state index contributed by atoms with van der Waals surface area (Å²) in [5.41, 5.74) is 1.09. The molecule has 16 heavy (non-hydrogen) atoms. The van der Waals surface area contributed by atoms with Gasteiger partial charge in [-0.25, -0.2) is 0 Å². The van der Waals surface area contributed by atoms with Crippen LogP contribution in [0.25, 0.3) is 11.4 Å². The molecule has 2 rings (SSSR count). The molecule has 0 aliphatic carbocycles. The Kier molecular flexibility index (Phi) is 3.19. The van der Waals surface area contributed by atoms with Gasteiger partial charge in [-0.1, -0.05) is 37.3 Å². The monoisotopic (exact) mass is 233 g/mol. The lowest BCUT2D eigenvalue weighted by Gasteiger charge is -2.13. The van der Waals surface area contributed by atoms with Gasteiger partial charge in [-0.2, -0.15) is 5.10 Å². The van der Waals surface area contributed by atoms with Crippen LogP contribution in [0.15, 0.2) is 30.3 Å². The highest BCUT2D eigenvalue weighted by atomic mass is 32.1. The van der Waals surface area contributed by atoms with Crippen LogP contribution in [0.5, 0.6) is 0 Å². The van der Waals surface area contributed by atoms with E-state index in [1.54, 1.807) is 0 Å². The third-order valence-corrected chi connectivity index (χ3v) is 3.06. The van der Waals surface area contributed by atoms with Crippen molar-refractivity contribution in [2.75, 3.05) is 0 Å². The fourth-order valence-corrected chi connectivity index (χ4v) is 2.00. The zero-order valence-electron chi connectivity index (χ0n) is 9.47. The SMILES string of the molecule is CC[C@H](C)n1c(-c2ccccc2)n[nH]c1=S. The Balaban J connectivity index is 2.55. The second-order valence-electron chi connectivity index (χ2n) is 3.85.